The van der Waals surface area contributed by atoms with Crippen LogP contribution in [0.3, 0.4) is 0 Å². The van der Waals surface area contributed by atoms with Crippen LogP contribution in [-0.2, 0) is 6.42 Å². The number of aromatic amines is 2. The number of nitrogens with one attached hydrogen (secondary N) is 2. The maximum atomic E-state index is 6.16. The van der Waals surface area contributed by atoms with Gasteiger partial charge in [0, 0.05) is 23.6 Å². The molecule has 4 N–H and O–H groups in total. The first-order valence-electron chi connectivity index (χ1n) is 6.05. The van der Waals surface area contributed by atoms with Gasteiger partial charge in [0.1, 0.15) is 5.82 Å². The van der Waals surface area contributed by atoms with E-state index in [9.17, 15) is 0 Å². The van der Waals surface area contributed by atoms with Crippen LogP contribution < -0.4 is 5.73 Å². The van der Waals surface area contributed by atoms with Crippen molar-refractivity contribution in [3.05, 3.63) is 53.7 Å². The molecule has 0 fully saturated rings. The summed E-state index contributed by atoms with van der Waals surface area (Å²) < 4.78 is 0. The average Bonchev–Trinajstić information content (AvgIpc) is 2.96. The average molecular weight is 240 g/mol. The molecule has 0 saturated heterocycles. The van der Waals surface area contributed by atoms with E-state index in [2.05, 4.69) is 39.2 Å². The van der Waals surface area contributed by atoms with Gasteiger partial charge >= 0.3 is 0 Å². The standard InChI is InChI=1S/C14H16N4/c1-9-8-17-14(18-9)12(15)7-10-2-3-13-11(6-10)4-5-16-13/h2-6,8,12,16H,7,15H2,1H3,(H,17,18). The Kier molecular flexibility index (Phi) is 2.64. The molecule has 3 rings (SSSR count). The zero-order chi connectivity index (χ0) is 12.5. The Morgan fingerprint density at radius 3 is 3.00 bits per heavy atom. The van der Waals surface area contributed by atoms with E-state index in [0.29, 0.717) is 0 Å². The summed E-state index contributed by atoms with van der Waals surface area (Å²) in [6.07, 6.45) is 4.54. The summed E-state index contributed by atoms with van der Waals surface area (Å²) >= 11 is 0. The molecule has 0 saturated carbocycles. The van der Waals surface area contributed by atoms with Crippen molar-refractivity contribution in [3.63, 3.8) is 0 Å². The van der Waals surface area contributed by atoms with Crippen LogP contribution in [0.15, 0.2) is 36.7 Å². The number of fused-ring (bicyclic) bond motifs is 1. The molecule has 0 amide bonds. The van der Waals surface area contributed by atoms with Crippen LogP contribution in [0.25, 0.3) is 10.9 Å². The minimum atomic E-state index is -0.0879. The second-order valence-corrected chi connectivity index (χ2v) is 4.66. The molecule has 92 valence electrons. The molecular formula is C14H16N4. The number of nitrogens with zero attached hydrogens (tertiary/aromatic N) is 1. The molecule has 18 heavy (non-hydrogen) atoms. The van der Waals surface area contributed by atoms with Crippen molar-refractivity contribution in [2.45, 2.75) is 19.4 Å². The number of imidazole rings is 1. The molecule has 0 aliphatic carbocycles. The van der Waals surface area contributed by atoms with Gasteiger partial charge in [-0.3, -0.25) is 0 Å². The summed E-state index contributed by atoms with van der Waals surface area (Å²) in [6, 6.07) is 8.34. The molecule has 4 heteroatoms. The zero-order valence-corrected chi connectivity index (χ0v) is 10.3. The smallest absolute Gasteiger partial charge is 0.123 e. The highest BCUT2D eigenvalue weighted by molar-refractivity contribution is 5.79. The highest BCUT2D eigenvalue weighted by Crippen LogP contribution is 2.18. The normalized spacial score (nSPS) is 13.0. The van der Waals surface area contributed by atoms with Crippen molar-refractivity contribution in [1.82, 2.24) is 15.0 Å². The van der Waals surface area contributed by atoms with Crippen LogP contribution in [0, 0.1) is 6.92 Å². The SMILES string of the molecule is Cc1cnc(C(N)Cc2ccc3[nH]ccc3c2)[nH]1. The zero-order valence-electron chi connectivity index (χ0n) is 10.3. The maximum absolute atomic E-state index is 6.16. The molecule has 0 aliphatic rings. The number of benzene rings is 1. The monoisotopic (exact) mass is 240 g/mol. The van der Waals surface area contributed by atoms with Crippen molar-refractivity contribution >= 4 is 10.9 Å². The highest BCUT2D eigenvalue weighted by atomic mass is 14.9. The Hall–Kier alpha value is -2.07. The molecule has 3 aromatic rings. The molecule has 0 spiro atoms. The predicted molar refractivity (Wildman–Crippen MR) is 72.3 cm³/mol. The molecular weight excluding hydrogens is 224 g/mol. The largest absolute Gasteiger partial charge is 0.361 e. The number of aromatic nitrogens is 3. The molecule has 2 aromatic heterocycles. The molecule has 1 unspecified atom stereocenters. The Bertz CT molecular complexity index is 665. The molecule has 0 radical (unpaired) electrons. The summed E-state index contributed by atoms with van der Waals surface area (Å²) in [6.45, 7) is 1.98. The number of rotatable bonds is 3. The Balaban J connectivity index is 1.83. The molecule has 1 atom stereocenters. The molecule has 1 aromatic carbocycles. The van der Waals surface area contributed by atoms with E-state index in [4.69, 9.17) is 5.73 Å². The fraction of sp³-hybridized carbons (Fsp3) is 0.214. The third-order valence-electron chi connectivity index (χ3n) is 3.15. The van der Waals surface area contributed by atoms with E-state index in [1.54, 1.807) is 0 Å². The van der Waals surface area contributed by atoms with Gasteiger partial charge in [-0.15, -0.1) is 0 Å². The van der Waals surface area contributed by atoms with Gasteiger partial charge in [0.25, 0.3) is 0 Å². The van der Waals surface area contributed by atoms with Gasteiger partial charge in [-0.1, -0.05) is 6.07 Å². The Morgan fingerprint density at radius 2 is 2.22 bits per heavy atom. The molecule has 0 aliphatic heterocycles. The quantitative estimate of drug-likeness (QED) is 0.658. The summed E-state index contributed by atoms with van der Waals surface area (Å²) in [5.41, 5.74) is 9.58. The van der Waals surface area contributed by atoms with Gasteiger partial charge < -0.3 is 15.7 Å². The number of aryl methyl sites for hydroxylation is 1. The first-order chi connectivity index (χ1) is 8.72. The van der Waals surface area contributed by atoms with Crippen molar-refractivity contribution in [1.29, 1.82) is 0 Å². The fourth-order valence-electron chi connectivity index (χ4n) is 2.20. The van der Waals surface area contributed by atoms with Crippen LogP contribution in [0.2, 0.25) is 0 Å². The van der Waals surface area contributed by atoms with Crippen molar-refractivity contribution in [2.24, 2.45) is 5.73 Å². The van der Waals surface area contributed by atoms with E-state index in [-0.39, 0.29) is 6.04 Å². The number of nitrogens with two attached hydrogens (primary N) is 1. The lowest BCUT2D eigenvalue weighted by atomic mass is 10.0. The second-order valence-electron chi connectivity index (χ2n) is 4.66. The van der Waals surface area contributed by atoms with E-state index in [0.717, 1.165) is 23.5 Å². The first-order valence-corrected chi connectivity index (χ1v) is 6.05. The van der Waals surface area contributed by atoms with Gasteiger partial charge in [-0.25, -0.2) is 4.98 Å². The van der Waals surface area contributed by atoms with Crippen molar-refractivity contribution < 1.29 is 0 Å². The summed E-state index contributed by atoms with van der Waals surface area (Å²) in [4.78, 5) is 10.6. The number of hydrogen-bond acceptors (Lipinski definition) is 2. The van der Waals surface area contributed by atoms with Crippen molar-refractivity contribution in [2.75, 3.05) is 0 Å². The Morgan fingerprint density at radius 1 is 1.33 bits per heavy atom. The van der Waals surface area contributed by atoms with Crippen molar-refractivity contribution in [3.8, 4) is 0 Å². The lowest BCUT2D eigenvalue weighted by molar-refractivity contribution is 0.677. The summed E-state index contributed by atoms with van der Waals surface area (Å²) in [5.74, 6) is 0.849. The number of H-pyrrole nitrogens is 2. The lowest BCUT2D eigenvalue weighted by Gasteiger charge is -2.09. The van der Waals surface area contributed by atoms with Crippen LogP contribution >= 0.6 is 0 Å². The van der Waals surface area contributed by atoms with Gasteiger partial charge in [-0.05, 0) is 42.5 Å². The minimum absolute atomic E-state index is 0.0879. The number of hydrogen-bond donors (Lipinski definition) is 3. The first kappa shape index (κ1) is 11.0. The van der Waals surface area contributed by atoms with Crippen LogP contribution in [-0.4, -0.2) is 15.0 Å². The minimum Gasteiger partial charge on any atom is -0.361 e. The summed E-state index contributed by atoms with van der Waals surface area (Å²) in [7, 11) is 0. The predicted octanol–water partition coefficient (Wildman–Crippen LogP) is 2.44. The maximum Gasteiger partial charge on any atom is 0.123 e. The van der Waals surface area contributed by atoms with Gasteiger partial charge in [0.15, 0.2) is 0 Å². The topological polar surface area (TPSA) is 70.5 Å². The molecule has 2 heterocycles. The molecule has 4 nitrogen and oxygen atoms in total. The van der Waals surface area contributed by atoms with E-state index in [1.165, 1.54) is 10.9 Å². The van der Waals surface area contributed by atoms with Gasteiger partial charge in [-0.2, -0.15) is 0 Å². The third-order valence-corrected chi connectivity index (χ3v) is 3.15. The van der Waals surface area contributed by atoms with E-state index >= 15 is 0 Å². The second kappa shape index (κ2) is 4.31. The fourth-order valence-corrected chi connectivity index (χ4v) is 2.20. The Labute approximate surface area is 105 Å². The van der Waals surface area contributed by atoms with Crippen LogP contribution in [0.1, 0.15) is 23.1 Å². The van der Waals surface area contributed by atoms with Crippen LogP contribution in [0.5, 0.6) is 0 Å². The molecule has 0 bridgehead atoms. The third kappa shape index (κ3) is 2.02. The van der Waals surface area contributed by atoms with Gasteiger partial charge in [0.05, 0.1) is 6.04 Å². The lowest BCUT2D eigenvalue weighted by Crippen LogP contribution is -2.15. The van der Waals surface area contributed by atoms with Gasteiger partial charge in [0.2, 0.25) is 0 Å². The van der Waals surface area contributed by atoms with E-state index in [1.807, 2.05) is 19.3 Å². The van der Waals surface area contributed by atoms with Crippen LogP contribution in [0.4, 0.5) is 0 Å². The van der Waals surface area contributed by atoms with E-state index < -0.39 is 0 Å². The highest BCUT2D eigenvalue weighted by Gasteiger charge is 2.10. The summed E-state index contributed by atoms with van der Waals surface area (Å²) in [5, 5.41) is 1.22.